The zero-order valence-electron chi connectivity index (χ0n) is 13.1. The molecule has 0 fully saturated rings. The van der Waals surface area contributed by atoms with Crippen molar-refractivity contribution in [3.63, 3.8) is 0 Å². The fourth-order valence-corrected chi connectivity index (χ4v) is 2.44. The maximum absolute atomic E-state index is 11.7. The van der Waals surface area contributed by atoms with Crippen LogP contribution in [-0.4, -0.2) is 39.1 Å². The minimum absolute atomic E-state index is 0.106. The number of carboxylic acid groups (broad SMARTS) is 1. The van der Waals surface area contributed by atoms with Crippen molar-refractivity contribution in [3.05, 3.63) is 24.3 Å². The van der Waals surface area contributed by atoms with Gasteiger partial charge in [0.1, 0.15) is 0 Å². The van der Waals surface area contributed by atoms with Gasteiger partial charge in [0, 0.05) is 15.3 Å². The number of amides is 2. The van der Waals surface area contributed by atoms with E-state index in [9.17, 15) is 14.7 Å². The molecule has 22 heavy (non-hydrogen) atoms. The van der Waals surface area contributed by atoms with E-state index < -0.39 is 17.6 Å². The number of hydrogen-bond acceptors (Lipinski definition) is 4. The van der Waals surface area contributed by atoms with Gasteiger partial charge in [0.25, 0.3) is 0 Å². The minimum Gasteiger partial charge on any atom is -0.479 e. The van der Waals surface area contributed by atoms with Crippen LogP contribution in [0.1, 0.15) is 27.7 Å². The van der Waals surface area contributed by atoms with Gasteiger partial charge in [-0.15, -0.1) is 11.8 Å². The summed E-state index contributed by atoms with van der Waals surface area (Å²) in [6, 6.07) is 6.77. The first kappa shape index (κ1) is 18.3. The number of rotatable bonds is 5. The fraction of sp³-hybridized carbons (Fsp3) is 0.467. The molecule has 4 N–H and O–H groups in total. The summed E-state index contributed by atoms with van der Waals surface area (Å²) in [7, 11) is 0. The Labute approximate surface area is 134 Å². The number of carboxylic acids is 1. The van der Waals surface area contributed by atoms with Crippen LogP contribution in [0.25, 0.3) is 0 Å². The van der Waals surface area contributed by atoms with E-state index >= 15 is 0 Å². The molecule has 0 bridgehead atoms. The van der Waals surface area contributed by atoms with E-state index in [1.54, 1.807) is 23.9 Å². The van der Waals surface area contributed by atoms with Gasteiger partial charge < -0.3 is 20.8 Å². The third kappa shape index (κ3) is 6.36. The SMILES string of the molecule is CC(C)(C)Sc1ccc(NC(=O)NCC(C)(O)C(=O)O)cc1. The van der Waals surface area contributed by atoms with E-state index in [0.717, 1.165) is 11.8 Å². The highest BCUT2D eigenvalue weighted by Gasteiger charge is 2.30. The van der Waals surface area contributed by atoms with Gasteiger partial charge >= 0.3 is 12.0 Å². The lowest BCUT2D eigenvalue weighted by Gasteiger charge is -2.19. The third-order valence-corrected chi connectivity index (χ3v) is 3.71. The van der Waals surface area contributed by atoms with Crippen LogP contribution in [0.5, 0.6) is 0 Å². The molecule has 0 saturated carbocycles. The van der Waals surface area contributed by atoms with Gasteiger partial charge in [-0.25, -0.2) is 9.59 Å². The van der Waals surface area contributed by atoms with E-state index in [0.29, 0.717) is 5.69 Å². The molecule has 0 aliphatic carbocycles. The maximum Gasteiger partial charge on any atom is 0.337 e. The molecule has 1 unspecified atom stereocenters. The molecule has 122 valence electrons. The van der Waals surface area contributed by atoms with Crippen molar-refractivity contribution in [3.8, 4) is 0 Å². The number of nitrogens with one attached hydrogen (secondary N) is 2. The van der Waals surface area contributed by atoms with Crippen molar-refractivity contribution in [1.29, 1.82) is 0 Å². The summed E-state index contributed by atoms with van der Waals surface area (Å²) >= 11 is 1.72. The number of hydrogen-bond donors (Lipinski definition) is 4. The van der Waals surface area contributed by atoms with Gasteiger partial charge in [-0.2, -0.15) is 0 Å². The van der Waals surface area contributed by atoms with Crippen molar-refractivity contribution in [2.45, 2.75) is 42.9 Å². The molecule has 1 rings (SSSR count). The highest BCUT2D eigenvalue weighted by Crippen LogP contribution is 2.32. The summed E-state index contributed by atoms with van der Waals surface area (Å²) in [6.07, 6.45) is 0. The van der Waals surface area contributed by atoms with Gasteiger partial charge in [-0.05, 0) is 31.2 Å². The molecule has 7 heteroatoms. The molecule has 1 atom stereocenters. The zero-order chi connectivity index (χ0) is 17.0. The summed E-state index contributed by atoms with van der Waals surface area (Å²) in [5, 5.41) is 23.1. The predicted octanol–water partition coefficient (Wildman–Crippen LogP) is 2.53. The minimum atomic E-state index is -2.00. The van der Waals surface area contributed by atoms with Crippen LogP contribution in [0.3, 0.4) is 0 Å². The van der Waals surface area contributed by atoms with E-state index in [4.69, 9.17) is 5.11 Å². The number of aliphatic carboxylic acids is 1. The molecule has 0 aliphatic heterocycles. The maximum atomic E-state index is 11.7. The number of carbonyl (C=O) groups is 2. The Morgan fingerprint density at radius 1 is 1.14 bits per heavy atom. The molecule has 0 spiro atoms. The van der Waals surface area contributed by atoms with Crippen molar-refractivity contribution in [2.75, 3.05) is 11.9 Å². The molecule has 6 nitrogen and oxygen atoms in total. The summed E-state index contributed by atoms with van der Waals surface area (Å²) in [4.78, 5) is 23.5. The van der Waals surface area contributed by atoms with E-state index in [-0.39, 0.29) is 11.3 Å². The Bertz CT molecular complexity index is 535. The number of aliphatic hydroxyl groups is 1. The zero-order valence-corrected chi connectivity index (χ0v) is 14.0. The normalized spacial score (nSPS) is 14.0. The number of thioether (sulfide) groups is 1. The molecule has 0 saturated heterocycles. The summed E-state index contributed by atoms with van der Waals surface area (Å²) in [5.74, 6) is -1.39. The lowest BCUT2D eigenvalue weighted by atomic mass is 10.1. The van der Waals surface area contributed by atoms with Crippen LogP contribution < -0.4 is 10.6 Å². The quantitative estimate of drug-likeness (QED) is 0.623. The molecule has 2 amide bonds. The molecule has 1 aromatic rings. The van der Waals surface area contributed by atoms with Crippen molar-refractivity contribution in [2.24, 2.45) is 0 Å². The van der Waals surface area contributed by atoms with Gasteiger partial charge in [-0.3, -0.25) is 0 Å². The van der Waals surface area contributed by atoms with Gasteiger partial charge in [-0.1, -0.05) is 20.8 Å². The first-order chi connectivity index (χ1) is 9.99. The van der Waals surface area contributed by atoms with Crippen LogP contribution in [0, 0.1) is 0 Å². The number of benzene rings is 1. The monoisotopic (exact) mass is 326 g/mol. The van der Waals surface area contributed by atoms with Crippen molar-refractivity contribution < 1.29 is 19.8 Å². The molecule has 1 aromatic carbocycles. The topological polar surface area (TPSA) is 98.7 Å². The molecule has 0 aliphatic rings. The number of carbonyl (C=O) groups excluding carboxylic acids is 1. The van der Waals surface area contributed by atoms with Gasteiger partial charge in [0.15, 0.2) is 5.60 Å². The fourth-order valence-electron chi connectivity index (χ4n) is 1.46. The molecule has 0 radical (unpaired) electrons. The first-order valence-electron chi connectivity index (χ1n) is 6.79. The predicted molar refractivity (Wildman–Crippen MR) is 87.3 cm³/mol. The largest absolute Gasteiger partial charge is 0.479 e. The standard InChI is InChI=1S/C15H22N2O4S/c1-14(2,3)22-11-7-5-10(6-8-11)17-13(20)16-9-15(4,21)12(18)19/h5-8,21H,9H2,1-4H3,(H,18,19)(H2,16,17,20). The van der Waals surface area contributed by atoms with E-state index in [1.165, 1.54) is 0 Å². The molecular weight excluding hydrogens is 304 g/mol. The third-order valence-electron chi connectivity index (χ3n) is 2.59. The molecule has 0 aromatic heterocycles. The highest BCUT2D eigenvalue weighted by molar-refractivity contribution is 8.00. The van der Waals surface area contributed by atoms with Crippen molar-refractivity contribution in [1.82, 2.24) is 5.32 Å². The van der Waals surface area contributed by atoms with E-state index in [2.05, 4.69) is 31.4 Å². The first-order valence-corrected chi connectivity index (χ1v) is 7.61. The van der Waals surface area contributed by atoms with Crippen LogP contribution in [0.4, 0.5) is 10.5 Å². The second-order valence-corrected chi connectivity index (χ2v) is 8.03. The van der Waals surface area contributed by atoms with Gasteiger partial charge in [0.2, 0.25) is 0 Å². The Morgan fingerprint density at radius 3 is 2.14 bits per heavy atom. The average molecular weight is 326 g/mol. The average Bonchev–Trinajstić information content (AvgIpc) is 2.37. The molecular formula is C15H22N2O4S. The van der Waals surface area contributed by atoms with Crippen LogP contribution >= 0.6 is 11.8 Å². The highest BCUT2D eigenvalue weighted by atomic mass is 32.2. The Balaban J connectivity index is 2.53. The second kappa shape index (κ2) is 7.02. The number of anilines is 1. The Hall–Kier alpha value is -1.73. The molecule has 0 heterocycles. The lowest BCUT2D eigenvalue weighted by Crippen LogP contribution is -2.47. The summed E-state index contributed by atoms with van der Waals surface area (Å²) in [6.45, 7) is 7.09. The van der Waals surface area contributed by atoms with E-state index in [1.807, 2.05) is 12.1 Å². The lowest BCUT2D eigenvalue weighted by molar-refractivity contribution is -0.155. The summed E-state index contributed by atoms with van der Waals surface area (Å²) < 4.78 is 0.106. The number of urea groups is 1. The van der Waals surface area contributed by atoms with Crippen LogP contribution in [0.15, 0.2) is 29.2 Å². The van der Waals surface area contributed by atoms with Crippen LogP contribution in [0.2, 0.25) is 0 Å². The second-order valence-electron chi connectivity index (χ2n) is 6.13. The van der Waals surface area contributed by atoms with Crippen molar-refractivity contribution >= 4 is 29.4 Å². The summed E-state index contributed by atoms with van der Waals surface area (Å²) in [5.41, 5.74) is -1.41. The smallest absolute Gasteiger partial charge is 0.337 e. The van der Waals surface area contributed by atoms with Crippen LogP contribution in [-0.2, 0) is 4.79 Å². The van der Waals surface area contributed by atoms with Gasteiger partial charge in [0.05, 0.1) is 6.54 Å². The Morgan fingerprint density at radius 2 is 1.68 bits per heavy atom. The Kier molecular flexibility index (Phi) is 5.85.